The number of carbonyl (C=O) groups is 2. The van der Waals surface area contributed by atoms with E-state index in [-0.39, 0.29) is 22.9 Å². The third-order valence-electron chi connectivity index (χ3n) is 3.62. The van der Waals surface area contributed by atoms with Gasteiger partial charge >= 0.3 is 5.97 Å². The number of para-hydroxylation sites is 2. The van der Waals surface area contributed by atoms with Gasteiger partial charge in [-0.15, -0.1) is 0 Å². The van der Waals surface area contributed by atoms with Crippen LogP contribution in [0.25, 0.3) is 11.0 Å². The molecule has 0 radical (unpaired) electrons. The van der Waals surface area contributed by atoms with Crippen LogP contribution in [-0.4, -0.2) is 33.0 Å². The van der Waals surface area contributed by atoms with Crippen molar-refractivity contribution in [2.45, 2.75) is 6.54 Å². The van der Waals surface area contributed by atoms with Crippen molar-refractivity contribution in [3.63, 3.8) is 0 Å². The Kier molecular flexibility index (Phi) is 5.32. The molecule has 0 bridgehead atoms. The highest BCUT2D eigenvalue weighted by Gasteiger charge is 2.15. The van der Waals surface area contributed by atoms with E-state index < -0.39 is 23.4 Å². The summed E-state index contributed by atoms with van der Waals surface area (Å²) in [5.41, 5.74) is 1.35. The molecule has 9 nitrogen and oxygen atoms in total. The Morgan fingerprint density at radius 3 is 2.81 bits per heavy atom. The van der Waals surface area contributed by atoms with Crippen LogP contribution in [-0.2, 0) is 20.9 Å². The average molecular weight is 389 g/mol. The number of nitrogens with zero attached hydrogens (tertiary/aromatic N) is 3. The zero-order valence-electron chi connectivity index (χ0n) is 13.8. The normalized spacial score (nSPS) is 10.6. The van der Waals surface area contributed by atoms with E-state index in [2.05, 4.69) is 10.3 Å². The Balaban J connectivity index is 1.55. The van der Waals surface area contributed by atoms with Crippen LogP contribution in [0.2, 0.25) is 5.02 Å². The van der Waals surface area contributed by atoms with E-state index in [1.54, 1.807) is 4.57 Å². The van der Waals surface area contributed by atoms with Crippen molar-refractivity contribution in [1.82, 2.24) is 9.55 Å². The van der Waals surface area contributed by atoms with Gasteiger partial charge in [-0.05, 0) is 24.3 Å². The highest BCUT2D eigenvalue weighted by Crippen LogP contribution is 2.27. The summed E-state index contributed by atoms with van der Waals surface area (Å²) in [7, 11) is 0. The van der Waals surface area contributed by atoms with E-state index >= 15 is 0 Å². The standard InChI is InChI=1S/C17H13ClN4O5/c18-12-6-5-11(7-15(12)22(25)26)20-16(23)9-27-17(24)8-21-10-19-13-3-1-2-4-14(13)21/h1-7,10H,8-9H2,(H,20,23). The fraction of sp³-hybridized carbons (Fsp3) is 0.118. The molecule has 0 unspecified atom stereocenters. The summed E-state index contributed by atoms with van der Waals surface area (Å²) in [4.78, 5) is 38.2. The molecule has 2 aromatic carbocycles. The van der Waals surface area contributed by atoms with Gasteiger partial charge < -0.3 is 14.6 Å². The molecule has 0 atom stereocenters. The third-order valence-corrected chi connectivity index (χ3v) is 3.94. The van der Waals surface area contributed by atoms with Crippen LogP contribution in [0.1, 0.15) is 0 Å². The maximum absolute atomic E-state index is 11.9. The molecular weight excluding hydrogens is 376 g/mol. The molecule has 0 aliphatic carbocycles. The number of ether oxygens (including phenoxy) is 1. The molecule has 0 saturated heterocycles. The molecule has 0 fully saturated rings. The van der Waals surface area contributed by atoms with Crippen molar-refractivity contribution < 1.29 is 19.2 Å². The molecule has 27 heavy (non-hydrogen) atoms. The minimum Gasteiger partial charge on any atom is -0.454 e. The number of hydrogen-bond acceptors (Lipinski definition) is 6. The van der Waals surface area contributed by atoms with Gasteiger partial charge in [-0.1, -0.05) is 23.7 Å². The first-order valence-electron chi connectivity index (χ1n) is 7.73. The molecule has 1 aromatic heterocycles. The van der Waals surface area contributed by atoms with Crippen molar-refractivity contribution in [3.05, 3.63) is 63.9 Å². The molecule has 0 saturated carbocycles. The summed E-state index contributed by atoms with van der Waals surface area (Å²) in [5.74, 6) is -1.24. The van der Waals surface area contributed by atoms with E-state index in [9.17, 15) is 19.7 Å². The number of imidazole rings is 1. The SMILES string of the molecule is O=C(COC(=O)Cn1cnc2ccccc21)Nc1ccc(Cl)c([N+](=O)[O-])c1. The topological polar surface area (TPSA) is 116 Å². The van der Waals surface area contributed by atoms with Gasteiger partial charge in [0.15, 0.2) is 6.61 Å². The molecule has 0 aliphatic heterocycles. The van der Waals surface area contributed by atoms with Crippen LogP contribution in [0.15, 0.2) is 48.8 Å². The number of carbonyl (C=O) groups excluding carboxylic acids is 2. The van der Waals surface area contributed by atoms with Gasteiger partial charge in [0, 0.05) is 11.8 Å². The summed E-state index contributed by atoms with van der Waals surface area (Å²) < 4.78 is 6.55. The molecule has 3 aromatic rings. The quantitative estimate of drug-likeness (QED) is 0.394. The van der Waals surface area contributed by atoms with Crippen molar-refractivity contribution in [1.29, 1.82) is 0 Å². The second kappa shape index (κ2) is 7.83. The number of hydrogen-bond donors (Lipinski definition) is 1. The monoisotopic (exact) mass is 388 g/mol. The van der Waals surface area contributed by atoms with Crippen molar-refractivity contribution in [3.8, 4) is 0 Å². The Bertz CT molecular complexity index is 1030. The molecule has 3 rings (SSSR count). The van der Waals surface area contributed by atoms with Gasteiger partial charge in [0.1, 0.15) is 11.6 Å². The summed E-state index contributed by atoms with van der Waals surface area (Å²) in [5, 5.41) is 13.2. The number of rotatable bonds is 6. The van der Waals surface area contributed by atoms with Crippen LogP contribution in [0.4, 0.5) is 11.4 Å². The first kappa shape index (κ1) is 18.3. The van der Waals surface area contributed by atoms with Crippen LogP contribution in [0.3, 0.4) is 0 Å². The van der Waals surface area contributed by atoms with Crippen LogP contribution in [0, 0.1) is 10.1 Å². The lowest BCUT2D eigenvalue weighted by molar-refractivity contribution is -0.384. The number of aromatic nitrogens is 2. The van der Waals surface area contributed by atoms with Gasteiger partial charge in [0.05, 0.1) is 22.3 Å². The molecule has 1 N–H and O–H groups in total. The number of nitro benzene ring substituents is 1. The zero-order valence-corrected chi connectivity index (χ0v) is 14.5. The lowest BCUT2D eigenvalue weighted by Gasteiger charge is -2.08. The Morgan fingerprint density at radius 2 is 2.04 bits per heavy atom. The summed E-state index contributed by atoms with van der Waals surface area (Å²) in [6.45, 7) is -0.623. The van der Waals surface area contributed by atoms with Crippen LogP contribution >= 0.6 is 11.6 Å². The largest absolute Gasteiger partial charge is 0.454 e. The fourth-order valence-corrected chi connectivity index (χ4v) is 2.58. The third kappa shape index (κ3) is 4.39. The van der Waals surface area contributed by atoms with Gasteiger partial charge in [0.2, 0.25) is 0 Å². The van der Waals surface area contributed by atoms with E-state index in [1.165, 1.54) is 18.5 Å². The molecular formula is C17H13ClN4O5. The maximum Gasteiger partial charge on any atom is 0.326 e. The van der Waals surface area contributed by atoms with Crippen LogP contribution in [0.5, 0.6) is 0 Å². The molecule has 1 heterocycles. The number of amides is 1. The molecule has 0 aliphatic rings. The summed E-state index contributed by atoms with van der Waals surface area (Å²) in [6.07, 6.45) is 1.51. The second-order valence-corrected chi connectivity index (χ2v) is 5.90. The minimum atomic E-state index is -0.659. The van der Waals surface area contributed by atoms with Gasteiger partial charge in [0.25, 0.3) is 11.6 Å². The fourth-order valence-electron chi connectivity index (χ4n) is 2.39. The van der Waals surface area contributed by atoms with E-state index in [0.29, 0.717) is 0 Å². The number of benzene rings is 2. The predicted molar refractivity (Wildman–Crippen MR) is 97.4 cm³/mol. The van der Waals surface area contributed by atoms with Gasteiger partial charge in [-0.2, -0.15) is 0 Å². The van der Waals surface area contributed by atoms with Crippen molar-refractivity contribution >= 4 is 45.9 Å². The molecule has 138 valence electrons. The first-order valence-corrected chi connectivity index (χ1v) is 8.11. The average Bonchev–Trinajstić information content (AvgIpc) is 3.04. The number of nitro groups is 1. The molecule has 10 heteroatoms. The van der Waals surface area contributed by atoms with Gasteiger partial charge in [-0.25, -0.2) is 4.98 Å². The minimum absolute atomic E-state index is 0.0445. The smallest absolute Gasteiger partial charge is 0.326 e. The number of esters is 1. The zero-order chi connectivity index (χ0) is 19.4. The maximum atomic E-state index is 11.9. The van der Waals surface area contributed by atoms with Gasteiger partial charge in [-0.3, -0.25) is 19.7 Å². The highest BCUT2D eigenvalue weighted by atomic mass is 35.5. The Hall–Kier alpha value is -3.46. The Morgan fingerprint density at radius 1 is 1.26 bits per heavy atom. The summed E-state index contributed by atoms with van der Waals surface area (Å²) in [6, 6.07) is 11.1. The van der Waals surface area contributed by atoms with E-state index in [4.69, 9.17) is 16.3 Å². The Labute approximate surface area is 157 Å². The number of fused-ring (bicyclic) bond motifs is 1. The molecule has 1 amide bonds. The number of anilines is 1. The number of nitrogens with one attached hydrogen (secondary N) is 1. The molecule has 0 spiro atoms. The predicted octanol–water partition coefficient (Wildman–Crippen LogP) is 2.78. The number of halogens is 1. The lowest BCUT2D eigenvalue weighted by Crippen LogP contribution is -2.22. The first-order chi connectivity index (χ1) is 12.9. The summed E-state index contributed by atoms with van der Waals surface area (Å²) >= 11 is 5.71. The van der Waals surface area contributed by atoms with Crippen LogP contribution < -0.4 is 5.32 Å². The second-order valence-electron chi connectivity index (χ2n) is 5.49. The highest BCUT2D eigenvalue weighted by molar-refractivity contribution is 6.32. The van der Waals surface area contributed by atoms with Crippen molar-refractivity contribution in [2.24, 2.45) is 0 Å². The van der Waals surface area contributed by atoms with E-state index in [0.717, 1.165) is 17.1 Å². The lowest BCUT2D eigenvalue weighted by atomic mass is 10.3. The van der Waals surface area contributed by atoms with E-state index in [1.807, 2.05) is 24.3 Å². The van der Waals surface area contributed by atoms with Crippen molar-refractivity contribution in [2.75, 3.05) is 11.9 Å².